The average molecular weight is 338 g/mol. The Morgan fingerprint density at radius 3 is 2.75 bits per heavy atom. The monoisotopic (exact) mass is 338 g/mol. The molecule has 122 valence electrons. The van der Waals surface area contributed by atoms with Gasteiger partial charge in [0.15, 0.2) is 0 Å². The standard InChI is InChI=1S/C19H18N2O2S/c1-23-15-8-6-14(7-9-15)12-13-20-18(22)10-11-19-21-16-4-2-3-5-17(16)24-19/h2-11H,12-13H2,1H3,(H,20,22). The first-order valence-electron chi connectivity index (χ1n) is 7.69. The number of carbonyl (C=O) groups is 1. The summed E-state index contributed by atoms with van der Waals surface area (Å²) >= 11 is 1.57. The highest BCUT2D eigenvalue weighted by Crippen LogP contribution is 2.22. The van der Waals surface area contributed by atoms with Crippen molar-refractivity contribution in [1.82, 2.24) is 10.3 Å². The number of nitrogens with one attached hydrogen (secondary N) is 1. The first-order valence-corrected chi connectivity index (χ1v) is 8.50. The van der Waals surface area contributed by atoms with Gasteiger partial charge in [0.1, 0.15) is 10.8 Å². The number of ether oxygens (including phenoxy) is 1. The van der Waals surface area contributed by atoms with Gasteiger partial charge in [-0.1, -0.05) is 24.3 Å². The highest BCUT2D eigenvalue weighted by atomic mass is 32.1. The molecule has 0 spiro atoms. The summed E-state index contributed by atoms with van der Waals surface area (Å²) in [6.07, 6.45) is 4.07. The zero-order valence-electron chi connectivity index (χ0n) is 13.4. The molecule has 1 amide bonds. The summed E-state index contributed by atoms with van der Waals surface area (Å²) < 4.78 is 6.25. The van der Waals surface area contributed by atoms with Gasteiger partial charge >= 0.3 is 0 Å². The van der Waals surface area contributed by atoms with Crippen molar-refractivity contribution in [3.63, 3.8) is 0 Å². The molecule has 2 aromatic carbocycles. The first-order chi connectivity index (χ1) is 11.7. The fourth-order valence-corrected chi connectivity index (χ4v) is 3.16. The molecular weight excluding hydrogens is 320 g/mol. The summed E-state index contributed by atoms with van der Waals surface area (Å²) in [6.45, 7) is 0.593. The van der Waals surface area contributed by atoms with Gasteiger partial charge in [0, 0.05) is 12.6 Å². The summed E-state index contributed by atoms with van der Waals surface area (Å²) in [7, 11) is 1.65. The number of aromatic nitrogens is 1. The van der Waals surface area contributed by atoms with Crippen molar-refractivity contribution in [3.05, 3.63) is 65.2 Å². The SMILES string of the molecule is COc1ccc(CCNC(=O)C=Cc2nc3ccccc3s2)cc1. The number of hydrogen-bond donors (Lipinski definition) is 1. The molecule has 0 unspecified atom stereocenters. The van der Waals surface area contributed by atoms with E-state index in [9.17, 15) is 4.79 Å². The van der Waals surface area contributed by atoms with E-state index in [4.69, 9.17) is 4.74 Å². The average Bonchev–Trinajstić information content (AvgIpc) is 3.03. The Morgan fingerprint density at radius 2 is 2.00 bits per heavy atom. The second kappa shape index (κ2) is 7.75. The minimum Gasteiger partial charge on any atom is -0.497 e. The van der Waals surface area contributed by atoms with E-state index in [-0.39, 0.29) is 5.91 Å². The number of fused-ring (bicyclic) bond motifs is 1. The normalized spacial score (nSPS) is 11.0. The molecule has 5 heteroatoms. The van der Waals surface area contributed by atoms with Crippen LogP contribution >= 0.6 is 11.3 Å². The zero-order valence-corrected chi connectivity index (χ0v) is 14.2. The summed E-state index contributed by atoms with van der Waals surface area (Å²) in [6, 6.07) is 15.8. The minimum absolute atomic E-state index is 0.109. The summed E-state index contributed by atoms with van der Waals surface area (Å²) in [5.74, 6) is 0.726. The smallest absolute Gasteiger partial charge is 0.244 e. The third kappa shape index (κ3) is 4.20. The van der Waals surface area contributed by atoms with Crippen LogP contribution in [-0.4, -0.2) is 24.5 Å². The van der Waals surface area contributed by atoms with Crippen molar-refractivity contribution in [1.29, 1.82) is 0 Å². The third-order valence-electron chi connectivity index (χ3n) is 3.56. The van der Waals surface area contributed by atoms with E-state index in [1.165, 1.54) is 6.08 Å². The van der Waals surface area contributed by atoms with Crippen LogP contribution in [0.25, 0.3) is 16.3 Å². The largest absolute Gasteiger partial charge is 0.497 e. The van der Waals surface area contributed by atoms with Crippen molar-refractivity contribution in [3.8, 4) is 5.75 Å². The van der Waals surface area contributed by atoms with Gasteiger partial charge < -0.3 is 10.1 Å². The van der Waals surface area contributed by atoms with Crippen LogP contribution in [0.5, 0.6) is 5.75 Å². The number of hydrogen-bond acceptors (Lipinski definition) is 4. The predicted molar refractivity (Wildman–Crippen MR) is 98.4 cm³/mol. The van der Waals surface area contributed by atoms with E-state index in [1.807, 2.05) is 48.5 Å². The Hall–Kier alpha value is -2.66. The van der Waals surface area contributed by atoms with Crippen LogP contribution in [0.1, 0.15) is 10.6 Å². The maximum atomic E-state index is 11.9. The van der Waals surface area contributed by atoms with Gasteiger partial charge in [-0.3, -0.25) is 4.79 Å². The Balaban J connectivity index is 1.49. The maximum Gasteiger partial charge on any atom is 0.244 e. The van der Waals surface area contributed by atoms with Gasteiger partial charge in [-0.05, 0) is 42.3 Å². The number of nitrogens with zero attached hydrogens (tertiary/aromatic N) is 1. The number of amides is 1. The Morgan fingerprint density at radius 1 is 1.21 bits per heavy atom. The molecule has 1 N–H and O–H groups in total. The van der Waals surface area contributed by atoms with E-state index < -0.39 is 0 Å². The van der Waals surface area contributed by atoms with Crippen LogP contribution in [0.4, 0.5) is 0 Å². The van der Waals surface area contributed by atoms with Crippen molar-refractivity contribution in [2.75, 3.05) is 13.7 Å². The topological polar surface area (TPSA) is 51.2 Å². The Bertz CT molecular complexity index is 820. The molecule has 4 nitrogen and oxygen atoms in total. The van der Waals surface area contributed by atoms with Crippen LogP contribution in [0.2, 0.25) is 0 Å². The number of thiazole rings is 1. The zero-order chi connectivity index (χ0) is 16.8. The van der Waals surface area contributed by atoms with Crippen molar-refractivity contribution < 1.29 is 9.53 Å². The number of para-hydroxylation sites is 1. The molecule has 3 rings (SSSR count). The molecule has 1 aromatic heterocycles. The molecule has 0 saturated heterocycles. The third-order valence-corrected chi connectivity index (χ3v) is 4.56. The summed E-state index contributed by atoms with van der Waals surface area (Å²) in [4.78, 5) is 16.3. The van der Waals surface area contributed by atoms with E-state index in [0.717, 1.165) is 33.0 Å². The fourth-order valence-electron chi connectivity index (χ4n) is 2.29. The molecule has 3 aromatic rings. The second-order valence-corrected chi connectivity index (χ2v) is 6.30. The molecule has 0 bridgehead atoms. The molecule has 0 fully saturated rings. The van der Waals surface area contributed by atoms with Crippen molar-refractivity contribution in [2.45, 2.75) is 6.42 Å². The highest BCUT2D eigenvalue weighted by Gasteiger charge is 2.01. The van der Waals surface area contributed by atoms with E-state index >= 15 is 0 Å². The lowest BCUT2D eigenvalue weighted by Gasteiger charge is -2.04. The highest BCUT2D eigenvalue weighted by molar-refractivity contribution is 7.19. The molecule has 1 heterocycles. The fraction of sp³-hybridized carbons (Fsp3) is 0.158. The molecule has 0 radical (unpaired) electrons. The van der Waals surface area contributed by atoms with Crippen molar-refractivity contribution in [2.24, 2.45) is 0 Å². The summed E-state index contributed by atoms with van der Waals surface area (Å²) in [5, 5.41) is 3.72. The van der Waals surface area contributed by atoms with Gasteiger partial charge in [-0.15, -0.1) is 11.3 Å². The molecule has 0 atom stereocenters. The van der Waals surface area contributed by atoms with Gasteiger partial charge in [0.05, 0.1) is 17.3 Å². The van der Waals surface area contributed by atoms with Crippen LogP contribution in [0.15, 0.2) is 54.6 Å². The number of rotatable bonds is 6. The van der Waals surface area contributed by atoms with Crippen LogP contribution in [-0.2, 0) is 11.2 Å². The van der Waals surface area contributed by atoms with Gasteiger partial charge in [0.25, 0.3) is 0 Å². The molecule has 0 aliphatic heterocycles. The van der Waals surface area contributed by atoms with Gasteiger partial charge in [0.2, 0.25) is 5.91 Å². The quantitative estimate of drug-likeness (QED) is 0.698. The predicted octanol–water partition coefficient (Wildman–Crippen LogP) is 3.68. The van der Waals surface area contributed by atoms with Crippen molar-refractivity contribution >= 4 is 33.5 Å². The van der Waals surface area contributed by atoms with Gasteiger partial charge in [-0.2, -0.15) is 0 Å². The van der Waals surface area contributed by atoms with Crippen LogP contribution in [0.3, 0.4) is 0 Å². The number of carbonyl (C=O) groups excluding carboxylic acids is 1. The summed E-state index contributed by atoms with van der Waals surface area (Å²) in [5.41, 5.74) is 2.12. The lowest BCUT2D eigenvalue weighted by Crippen LogP contribution is -2.23. The molecular formula is C19H18N2O2S. The van der Waals surface area contributed by atoms with E-state index in [1.54, 1.807) is 24.5 Å². The number of methoxy groups -OCH3 is 1. The molecule has 0 aliphatic rings. The van der Waals surface area contributed by atoms with Crippen LogP contribution in [0, 0.1) is 0 Å². The van der Waals surface area contributed by atoms with Crippen LogP contribution < -0.4 is 10.1 Å². The number of benzene rings is 2. The molecule has 0 aliphatic carbocycles. The van der Waals surface area contributed by atoms with E-state index in [0.29, 0.717) is 6.54 Å². The lowest BCUT2D eigenvalue weighted by molar-refractivity contribution is -0.116. The minimum atomic E-state index is -0.109. The first kappa shape index (κ1) is 16.2. The second-order valence-electron chi connectivity index (χ2n) is 5.24. The van der Waals surface area contributed by atoms with E-state index in [2.05, 4.69) is 10.3 Å². The maximum absolute atomic E-state index is 11.9. The lowest BCUT2D eigenvalue weighted by atomic mass is 10.1. The molecule has 0 saturated carbocycles. The Labute approximate surface area is 144 Å². The molecule has 24 heavy (non-hydrogen) atoms. The Kier molecular flexibility index (Phi) is 5.23. The van der Waals surface area contributed by atoms with Gasteiger partial charge in [-0.25, -0.2) is 4.98 Å².